The van der Waals surface area contributed by atoms with E-state index in [1.54, 1.807) is 49.6 Å². The highest BCUT2D eigenvalue weighted by molar-refractivity contribution is 5.99. The number of carboxylic acids is 1. The highest BCUT2D eigenvalue weighted by atomic mass is 16.5. The summed E-state index contributed by atoms with van der Waals surface area (Å²) in [7, 11) is 1.54. The third kappa shape index (κ3) is 2.94. The number of aromatic nitrogens is 1. The first-order valence-corrected chi connectivity index (χ1v) is 7.35. The minimum absolute atomic E-state index is 0.0617. The van der Waals surface area contributed by atoms with Crippen LogP contribution in [0.4, 0.5) is 0 Å². The second-order valence-corrected chi connectivity index (χ2v) is 5.24. The Balaban J connectivity index is 1.93. The van der Waals surface area contributed by atoms with Gasteiger partial charge in [0, 0.05) is 28.6 Å². The van der Waals surface area contributed by atoms with Crippen molar-refractivity contribution in [3.05, 3.63) is 65.4 Å². The summed E-state index contributed by atoms with van der Waals surface area (Å²) in [6, 6.07) is 14.0. The van der Waals surface area contributed by atoms with Crippen LogP contribution in [0, 0.1) is 0 Å². The maximum absolute atomic E-state index is 12.2. The second kappa shape index (κ2) is 6.45. The van der Waals surface area contributed by atoms with Gasteiger partial charge in [-0.05, 0) is 30.3 Å². The summed E-state index contributed by atoms with van der Waals surface area (Å²) < 4.78 is 5.19. The number of ether oxygens (including phenoxy) is 1. The van der Waals surface area contributed by atoms with Crippen molar-refractivity contribution in [2.75, 3.05) is 7.11 Å². The first kappa shape index (κ1) is 15.6. The first-order chi connectivity index (χ1) is 11.6. The number of carbonyl (C=O) groups excluding carboxylic acids is 1. The van der Waals surface area contributed by atoms with Crippen LogP contribution in [-0.4, -0.2) is 29.1 Å². The van der Waals surface area contributed by atoms with Gasteiger partial charge in [0.1, 0.15) is 11.4 Å². The summed E-state index contributed by atoms with van der Waals surface area (Å²) in [5.74, 6) is -0.715. The molecule has 3 rings (SSSR count). The van der Waals surface area contributed by atoms with E-state index >= 15 is 0 Å². The van der Waals surface area contributed by atoms with Crippen molar-refractivity contribution >= 4 is 22.8 Å². The molecule has 0 saturated heterocycles. The number of amides is 1. The lowest BCUT2D eigenvalue weighted by Gasteiger charge is -2.06. The molecule has 0 aliphatic heterocycles. The molecule has 0 aliphatic rings. The molecular weight excluding hydrogens is 308 g/mol. The summed E-state index contributed by atoms with van der Waals surface area (Å²) in [6.07, 6.45) is 0. The van der Waals surface area contributed by atoms with Crippen LogP contribution in [0.25, 0.3) is 10.9 Å². The number of rotatable bonds is 5. The van der Waals surface area contributed by atoms with Gasteiger partial charge in [0.05, 0.1) is 7.11 Å². The molecule has 2 aromatic carbocycles. The van der Waals surface area contributed by atoms with Crippen LogP contribution in [0.3, 0.4) is 0 Å². The van der Waals surface area contributed by atoms with Crippen LogP contribution in [0.15, 0.2) is 48.5 Å². The van der Waals surface area contributed by atoms with Gasteiger partial charge >= 0.3 is 5.97 Å². The molecule has 1 amide bonds. The SMILES string of the molecule is COc1ccc2[nH]c(C(=O)O)c(CNC(=O)c3ccccc3)c2c1. The molecule has 122 valence electrons. The molecule has 0 unspecified atom stereocenters. The van der Waals surface area contributed by atoms with E-state index in [2.05, 4.69) is 10.3 Å². The number of hydrogen-bond donors (Lipinski definition) is 3. The van der Waals surface area contributed by atoms with Gasteiger partial charge in [-0.2, -0.15) is 0 Å². The lowest BCUT2D eigenvalue weighted by atomic mass is 10.1. The van der Waals surface area contributed by atoms with Crippen molar-refractivity contribution in [3.8, 4) is 5.75 Å². The Hall–Kier alpha value is -3.28. The molecule has 1 heterocycles. The smallest absolute Gasteiger partial charge is 0.352 e. The summed E-state index contributed by atoms with van der Waals surface area (Å²) in [6.45, 7) is 0.0997. The number of methoxy groups -OCH3 is 1. The number of H-pyrrole nitrogens is 1. The van der Waals surface area contributed by atoms with Crippen molar-refractivity contribution < 1.29 is 19.4 Å². The van der Waals surface area contributed by atoms with Gasteiger partial charge in [0.25, 0.3) is 5.91 Å². The summed E-state index contributed by atoms with van der Waals surface area (Å²) in [4.78, 5) is 26.5. The van der Waals surface area contributed by atoms with Crippen molar-refractivity contribution in [3.63, 3.8) is 0 Å². The fourth-order valence-electron chi connectivity index (χ4n) is 2.58. The maximum atomic E-state index is 12.2. The van der Waals surface area contributed by atoms with Crippen molar-refractivity contribution in [1.82, 2.24) is 10.3 Å². The highest BCUT2D eigenvalue weighted by Crippen LogP contribution is 2.26. The lowest BCUT2D eigenvalue weighted by molar-refractivity contribution is 0.0689. The van der Waals surface area contributed by atoms with E-state index in [0.717, 1.165) is 0 Å². The van der Waals surface area contributed by atoms with Gasteiger partial charge in [-0.3, -0.25) is 4.79 Å². The van der Waals surface area contributed by atoms with Crippen molar-refractivity contribution in [1.29, 1.82) is 0 Å². The zero-order chi connectivity index (χ0) is 17.1. The highest BCUT2D eigenvalue weighted by Gasteiger charge is 2.18. The fraction of sp³-hybridized carbons (Fsp3) is 0.111. The quantitative estimate of drug-likeness (QED) is 0.673. The van der Waals surface area contributed by atoms with Crippen LogP contribution < -0.4 is 10.1 Å². The molecule has 0 aliphatic carbocycles. The largest absolute Gasteiger partial charge is 0.497 e. The predicted octanol–water partition coefficient (Wildman–Crippen LogP) is 2.80. The third-order valence-corrected chi connectivity index (χ3v) is 3.79. The van der Waals surface area contributed by atoms with Gasteiger partial charge in [0.2, 0.25) is 0 Å². The average Bonchev–Trinajstić information content (AvgIpc) is 2.98. The molecule has 0 spiro atoms. The van der Waals surface area contributed by atoms with E-state index in [9.17, 15) is 14.7 Å². The lowest BCUT2D eigenvalue weighted by Crippen LogP contribution is -2.23. The Morgan fingerprint density at radius 3 is 2.58 bits per heavy atom. The van der Waals surface area contributed by atoms with Gasteiger partial charge < -0.3 is 20.1 Å². The third-order valence-electron chi connectivity index (χ3n) is 3.79. The summed E-state index contributed by atoms with van der Waals surface area (Å²) in [5, 5.41) is 12.9. The Labute approximate surface area is 138 Å². The Morgan fingerprint density at radius 1 is 1.17 bits per heavy atom. The van der Waals surface area contributed by atoms with Crippen molar-refractivity contribution in [2.24, 2.45) is 0 Å². The fourth-order valence-corrected chi connectivity index (χ4v) is 2.58. The Morgan fingerprint density at radius 2 is 1.92 bits per heavy atom. The number of benzene rings is 2. The van der Waals surface area contributed by atoms with Crippen LogP contribution in [-0.2, 0) is 6.54 Å². The minimum Gasteiger partial charge on any atom is -0.497 e. The van der Waals surface area contributed by atoms with E-state index in [-0.39, 0.29) is 18.1 Å². The van der Waals surface area contributed by atoms with E-state index in [4.69, 9.17) is 4.74 Å². The molecule has 6 heteroatoms. The summed E-state index contributed by atoms with van der Waals surface area (Å²) in [5.41, 5.74) is 1.77. The molecule has 0 bridgehead atoms. The molecule has 24 heavy (non-hydrogen) atoms. The molecule has 6 nitrogen and oxygen atoms in total. The minimum atomic E-state index is -1.07. The molecule has 0 atom stereocenters. The normalized spacial score (nSPS) is 10.5. The molecular formula is C18H16N2O4. The molecule has 1 aromatic heterocycles. The zero-order valence-electron chi connectivity index (χ0n) is 13.0. The standard InChI is InChI=1S/C18H16N2O4/c1-24-12-7-8-15-13(9-12)14(16(20-15)18(22)23)10-19-17(21)11-5-3-2-4-6-11/h2-9,20H,10H2,1H3,(H,19,21)(H,22,23). The van der Waals surface area contributed by atoms with Crippen LogP contribution >= 0.6 is 0 Å². The van der Waals surface area contributed by atoms with Gasteiger partial charge in [-0.15, -0.1) is 0 Å². The predicted molar refractivity (Wildman–Crippen MR) is 89.4 cm³/mol. The molecule has 3 N–H and O–H groups in total. The van der Waals surface area contributed by atoms with Gasteiger partial charge in [-0.1, -0.05) is 18.2 Å². The average molecular weight is 324 g/mol. The van der Waals surface area contributed by atoms with E-state index in [0.29, 0.717) is 27.8 Å². The number of fused-ring (bicyclic) bond motifs is 1. The molecule has 3 aromatic rings. The molecule has 0 saturated carbocycles. The number of carbonyl (C=O) groups is 2. The van der Waals surface area contributed by atoms with Gasteiger partial charge in [0.15, 0.2) is 0 Å². The number of carboxylic acid groups (broad SMARTS) is 1. The van der Waals surface area contributed by atoms with E-state index in [1.165, 1.54) is 0 Å². The molecule has 0 fully saturated rings. The first-order valence-electron chi connectivity index (χ1n) is 7.35. The topological polar surface area (TPSA) is 91.4 Å². The van der Waals surface area contributed by atoms with E-state index in [1.807, 2.05) is 6.07 Å². The number of hydrogen-bond acceptors (Lipinski definition) is 3. The van der Waals surface area contributed by atoms with Crippen LogP contribution in [0.1, 0.15) is 26.4 Å². The van der Waals surface area contributed by atoms with Crippen molar-refractivity contribution in [2.45, 2.75) is 6.54 Å². The molecule has 0 radical (unpaired) electrons. The summed E-state index contributed by atoms with van der Waals surface area (Å²) >= 11 is 0. The van der Waals surface area contributed by atoms with Crippen LogP contribution in [0.2, 0.25) is 0 Å². The zero-order valence-corrected chi connectivity index (χ0v) is 13.0. The van der Waals surface area contributed by atoms with Gasteiger partial charge in [-0.25, -0.2) is 4.79 Å². The Kier molecular flexibility index (Phi) is 4.20. The number of aromatic amines is 1. The number of nitrogens with one attached hydrogen (secondary N) is 2. The van der Waals surface area contributed by atoms with E-state index < -0.39 is 5.97 Å². The number of aromatic carboxylic acids is 1. The Bertz CT molecular complexity index is 900. The second-order valence-electron chi connectivity index (χ2n) is 5.24. The van der Waals surface area contributed by atoms with Crippen LogP contribution in [0.5, 0.6) is 5.75 Å². The monoisotopic (exact) mass is 324 g/mol. The maximum Gasteiger partial charge on any atom is 0.352 e.